The van der Waals surface area contributed by atoms with Crippen LogP contribution in [0, 0.1) is 11.3 Å². The first-order chi connectivity index (χ1) is 12.0. The summed E-state index contributed by atoms with van der Waals surface area (Å²) in [6.07, 6.45) is -0.963. The highest BCUT2D eigenvalue weighted by molar-refractivity contribution is 7.89. The molecule has 0 bridgehead atoms. The van der Waals surface area contributed by atoms with E-state index in [0.29, 0.717) is 0 Å². The van der Waals surface area contributed by atoms with E-state index in [9.17, 15) is 18.0 Å². The van der Waals surface area contributed by atoms with E-state index in [2.05, 4.69) is 0 Å². The molecule has 0 N–H and O–H groups in total. The summed E-state index contributed by atoms with van der Waals surface area (Å²) in [7, 11) is 0.452. The molecular formula is C16H20ClN3O5S. The van der Waals surface area contributed by atoms with E-state index >= 15 is 0 Å². The second-order valence-corrected chi connectivity index (χ2v) is 8.20. The van der Waals surface area contributed by atoms with Crippen LogP contribution >= 0.6 is 11.6 Å². The van der Waals surface area contributed by atoms with Gasteiger partial charge in [-0.05, 0) is 25.1 Å². The van der Waals surface area contributed by atoms with Crippen molar-refractivity contribution in [3.63, 3.8) is 0 Å². The summed E-state index contributed by atoms with van der Waals surface area (Å²) < 4.78 is 30.5. The lowest BCUT2D eigenvalue weighted by Crippen LogP contribution is -2.38. The molecule has 0 heterocycles. The number of likely N-dealkylation sites (N-methyl/N-ethyl adjacent to an activating group) is 1. The maximum atomic E-state index is 12.3. The normalized spacial score (nSPS) is 12.3. The first-order valence-electron chi connectivity index (χ1n) is 7.57. The van der Waals surface area contributed by atoms with Gasteiger partial charge in [-0.2, -0.15) is 5.26 Å². The van der Waals surface area contributed by atoms with Gasteiger partial charge in [-0.25, -0.2) is 17.5 Å². The number of ether oxygens (including phenoxy) is 1. The van der Waals surface area contributed by atoms with Crippen molar-refractivity contribution in [1.29, 1.82) is 5.26 Å². The number of nitrogens with zero attached hydrogens (tertiary/aromatic N) is 3. The third kappa shape index (κ3) is 5.17. The number of hydrogen-bond donors (Lipinski definition) is 0. The number of rotatable bonds is 7. The van der Waals surface area contributed by atoms with Crippen molar-refractivity contribution in [2.75, 3.05) is 27.7 Å². The van der Waals surface area contributed by atoms with Gasteiger partial charge < -0.3 is 9.64 Å². The summed E-state index contributed by atoms with van der Waals surface area (Å²) in [6.45, 7) is 1.59. The third-order valence-corrected chi connectivity index (χ3v) is 5.64. The molecule has 0 aliphatic heterocycles. The minimum Gasteiger partial charge on any atom is -0.449 e. The zero-order valence-electron chi connectivity index (χ0n) is 14.9. The largest absolute Gasteiger partial charge is 0.449 e. The number of sulfonamides is 1. The summed E-state index contributed by atoms with van der Waals surface area (Å²) in [5.74, 6) is -1.40. The van der Waals surface area contributed by atoms with Crippen LogP contribution in [0.5, 0.6) is 0 Å². The van der Waals surface area contributed by atoms with Gasteiger partial charge >= 0.3 is 5.97 Å². The Morgan fingerprint density at radius 2 is 1.92 bits per heavy atom. The minimum atomic E-state index is -3.76. The predicted octanol–water partition coefficient (Wildman–Crippen LogP) is 1.51. The molecule has 1 aromatic rings. The molecule has 0 unspecified atom stereocenters. The maximum absolute atomic E-state index is 12.3. The van der Waals surface area contributed by atoms with E-state index in [1.807, 2.05) is 6.07 Å². The van der Waals surface area contributed by atoms with E-state index in [-0.39, 0.29) is 28.4 Å². The molecule has 1 rings (SSSR count). The van der Waals surface area contributed by atoms with E-state index in [1.54, 1.807) is 0 Å². The lowest BCUT2D eigenvalue weighted by atomic mass is 10.2. The summed E-state index contributed by atoms with van der Waals surface area (Å²) in [5, 5.41) is 8.56. The van der Waals surface area contributed by atoms with Gasteiger partial charge in [0.2, 0.25) is 10.0 Å². The fourth-order valence-electron chi connectivity index (χ4n) is 1.94. The Balaban J connectivity index is 3.01. The Morgan fingerprint density at radius 3 is 2.46 bits per heavy atom. The quantitative estimate of drug-likeness (QED) is 0.641. The fraction of sp³-hybridized carbons (Fsp3) is 0.438. The summed E-state index contributed by atoms with van der Waals surface area (Å²) >= 11 is 5.97. The van der Waals surface area contributed by atoms with Crippen LogP contribution in [0.1, 0.15) is 23.7 Å². The van der Waals surface area contributed by atoms with Crippen molar-refractivity contribution in [3.05, 3.63) is 28.8 Å². The van der Waals surface area contributed by atoms with Crippen LogP contribution in [0.15, 0.2) is 23.1 Å². The molecule has 1 atom stereocenters. The molecule has 0 aliphatic carbocycles. The highest BCUT2D eigenvalue weighted by atomic mass is 35.5. The standard InChI is InChI=1S/C16H20ClN3O5S/c1-11(15(21)20(4)9-5-8-18)25-16(22)13-10-12(6-7-14(13)17)26(23,24)19(2)3/h6-7,10-11H,5,9H2,1-4H3/t11-/m1/s1. The van der Waals surface area contributed by atoms with Crippen LogP contribution in [0.25, 0.3) is 0 Å². The third-order valence-electron chi connectivity index (χ3n) is 3.50. The van der Waals surface area contributed by atoms with Crippen LogP contribution in [0.4, 0.5) is 0 Å². The maximum Gasteiger partial charge on any atom is 0.340 e. The second kappa shape index (κ2) is 8.98. The molecule has 0 fully saturated rings. The molecule has 0 saturated carbocycles. The predicted molar refractivity (Wildman–Crippen MR) is 95.1 cm³/mol. The average molecular weight is 402 g/mol. The van der Waals surface area contributed by atoms with E-state index in [1.165, 1.54) is 45.1 Å². The van der Waals surface area contributed by atoms with Gasteiger partial charge in [0.25, 0.3) is 5.91 Å². The fourth-order valence-corrected chi connectivity index (χ4v) is 3.07. The van der Waals surface area contributed by atoms with E-state index in [4.69, 9.17) is 21.6 Å². The van der Waals surface area contributed by atoms with E-state index in [0.717, 1.165) is 10.4 Å². The van der Waals surface area contributed by atoms with Gasteiger partial charge in [0.15, 0.2) is 6.10 Å². The van der Waals surface area contributed by atoms with Crippen LogP contribution in [0.2, 0.25) is 5.02 Å². The number of benzene rings is 1. The SMILES string of the molecule is C[C@@H](OC(=O)c1cc(S(=O)(=O)N(C)C)ccc1Cl)C(=O)N(C)CCC#N. The molecule has 26 heavy (non-hydrogen) atoms. The first-order valence-corrected chi connectivity index (χ1v) is 9.39. The summed E-state index contributed by atoms with van der Waals surface area (Å²) in [6, 6.07) is 5.58. The van der Waals surface area contributed by atoms with Crippen molar-refractivity contribution < 1.29 is 22.7 Å². The van der Waals surface area contributed by atoms with Crippen LogP contribution < -0.4 is 0 Å². The molecule has 0 spiro atoms. The van der Waals surface area contributed by atoms with Crippen molar-refractivity contribution >= 4 is 33.5 Å². The minimum absolute atomic E-state index is 0.00481. The molecule has 0 aliphatic rings. The number of carbonyl (C=O) groups is 2. The van der Waals surface area contributed by atoms with Crippen molar-refractivity contribution in [2.24, 2.45) is 0 Å². The Bertz CT molecular complexity index is 833. The highest BCUT2D eigenvalue weighted by Crippen LogP contribution is 2.23. The Morgan fingerprint density at radius 1 is 1.31 bits per heavy atom. The monoisotopic (exact) mass is 401 g/mol. The zero-order valence-corrected chi connectivity index (χ0v) is 16.5. The molecule has 10 heteroatoms. The lowest BCUT2D eigenvalue weighted by Gasteiger charge is -2.20. The number of esters is 1. The van der Waals surface area contributed by atoms with Crippen molar-refractivity contribution in [3.8, 4) is 6.07 Å². The van der Waals surface area contributed by atoms with Crippen LogP contribution in [0.3, 0.4) is 0 Å². The lowest BCUT2D eigenvalue weighted by molar-refractivity contribution is -0.138. The van der Waals surface area contributed by atoms with Gasteiger partial charge in [-0.15, -0.1) is 0 Å². The molecular weight excluding hydrogens is 382 g/mol. The molecule has 142 valence electrons. The van der Waals surface area contributed by atoms with Crippen molar-refractivity contribution in [1.82, 2.24) is 9.21 Å². The molecule has 0 radical (unpaired) electrons. The number of halogens is 1. The average Bonchev–Trinajstić information content (AvgIpc) is 2.58. The molecule has 0 saturated heterocycles. The van der Waals surface area contributed by atoms with Gasteiger partial charge in [-0.1, -0.05) is 11.6 Å². The van der Waals surface area contributed by atoms with Crippen LogP contribution in [-0.4, -0.2) is 63.3 Å². The molecule has 1 aromatic carbocycles. The number of hydrogen-bond acceptors (Lipinski definition) is 6. The Hall–Kier alpha value is -2.15. The van der Waals surface area contributed by atoms with E-state index < -0.39 is 28.0 Å². The van der Waals surface area contributed by atoms with Crippen molar-refractivity contribution in [2.45, 2.75) is 24.3 Å². The topological polar surface area (TPSA) is 108 Å². The number of amides is 1. The van der Waals surface area contributed by atoms with Gasteiger partial charge in [0.1, 0.15) is 0 Å². The van der Waals surface area contributed by atoms with Crippen LogP contribution in [-0.2, 0) is 19.6 Å². The molecule has 1 amide bonds. The molecule has 8 nitrogen and oxygen atoms in total. The van der Waals surface area contributed by atoms with Gasteiger partial charge in [0.05, 0.1) is 28.0 Å². The Kier molecular flexibility index (Phi) is 7.56. The van der Waals surface area contributed by atoms with Gasteiger partial charge in [-0.3, -0.25) is 4.79 Å². The smallest absolute Gasteiger partial charge is 0.340 e. The second-order valence-electron chi connectivity index (χ2n) is 5.64. The highest BCUT2D eigenvalue weighted by Gasteiger charge is 2.25. The number of carbonyl (C=O) groups excluding carboxylic acids is 2. The summed E-state index contributed by atoms with van der Waals surface area (Å²) in [4.78, 5) is 25.6. The Labute approximate surface area is 157 Å². The molecule has 0 aromatic heterocycles. The zero-order chi connectivity index (χ0) is 20.1. The van der Waals surface area contributed by atoms with Gasteiger partial charge in [0, 0.05) is 27.7 Å². The summed E-state index contributed by atoms with van der Waals surface area (Å²) in [5.41, 5.74) is -0.158. The number of nitriles is 1. The first kappa shape index (κ1) is 21.9.